The van der Waals surface area contributed by atoms with Gasteiger partial charge in [-0.05, 0) is 49.7 Å². The van der Waals surface area contributed by atoms with E-state index in [9.17, 15) is 4.79 Å². The highest BCUT2D eigenvalue weighted by atomic mass is 32.1. The highest BCUT2D eigenvalue weighted by molar-refractivity contribution is 7.13. The molecule has 0 aliphatic heterocycles. The van der Waals surface area contributed by atoms with E-state index in [0.717, 1.165) is 45.2 Å². The van der Waals surface area contributed by atoms with Crippen LogP contribution >= 0.6 is 11.3 Å². The van der Waals surface area contributed by atoms with E-state index >= 15 is 0 Å². The first kappa shape index (κ1) is 17.4. The first-order chi connectivity index (χ1) is 13.1. The second-order valence-electron chi connectivity index (χ2n) is 6.39. The number of hydrogen-bond acceptors (Lipinski definition) is 4. The van der Waals surface area contributed by atoms with E-state index in [-0.39, 0.29) is 5.91 Å². The summed E-state index contributed by atoms with van der Waals surface area (Å²) in [4.78, 5) is 22.3. The van der Waals surface area contributed by atoms with Gasteiger partial charge in [0.1, 0.15) is 10.7 Å². The van der Waals surface area contributed by atoms with Gasteiger partial charge >= 0.3 is 0 Å². The van der Waals surface area contributed by atoms with Crippen molar-refractivity contribution in [3.8, 4) is 11.4 Å². The first-order valence-electron chi connectivity index (χ1n) is 8.86. The zero-order chi connectivity index (χ0) is 19.0. The van der Waals surface area contributed by atoms with Crippen molar-refractivity contribution in [2.24, 2.45) is 7.05 Å². The smallest absolute Gasteiger partial charge is 0.267 e. The maximum absolute atomic E-state index is 12.5. The van der Waals surface area contributed by atoms with Crippen molar-refractivity contribution >= 4 is 34.0 Å². The maximum atomic E-state index is 12.5. The minimum atomic E-state index is -0.111. The van der Waals surface area contributed by atoms with Crippen LogP contribution in [-0.4, -0.2) is 20.4 Å². The zero-order valence-electron chi connectivity index (χ0n) is 15.5. The lowest BCUT2D eigenvalue weighted by atomic mass is 10.2. The molecule has 5 nitrogen and oxygen atoms in total. The number of fused-ring (bicyclic) bond motifs is 1. The van der Waals surface area contributed by atoms with Gasteiger partial charge in [0.25, 0.3) is 5.91 Å². The Kier molecular flexibility index (Phi) is 4.49. The molecule has 4 aromatic rings. The molecule has 2 heterocycles. The third-order valence-electron chi connectivity index (χ3n) is 4.54. The number of amides is 1. The fourth-order valence-electron chi connectivity index (χ4n) is 3.11. The van der Waals surface area contributed by atoms with Gasteiger partial charge in [0.05, 0.1) is 21.7 Å². The normalized spacial score (nSPS) is 11.1. The number of para-hydroxylation sites is 2. The molecule has 0 saturated heterocycles. The minimum Gasteiger partial charge on any atom is -0.327 e. The first-order valence-corrected chi connectivity index (χ1v) is 9.68. The number of aryl methyl sites for hydroxylation is 3. The van der Waals surface area contributed by atoms with Gasteiger partial charge in [-0.2, -0.15) is 0 Å². The molecule has 0 aliphatic carbocycles. The van der Waals surface area contributed by atoms with Gasteiger partial charge in [-0.25, -0.2) is 9.97 Å². The molecule has 0 bridgehead atoms. The van der Waals surface area contributed by atoms with Crippen LogP contribution in [0.4, 0.5) is 5.69 Å². The van der Waals surface area contributed by atoms with Crippen LogP contribution in [0.5, 0.6) is 0 Å². The lowest BCUT2D eigenvalue weighted by Crippen LogP contribution is -2.11. The maximum Gasteiger partial charge on any atom is 0.267 e. The van der Waals surface area contributed by atoms with E-state index in [1.807, 2.05) is 63.4 Å². The summed E-state index contributed by atoms with van der Waals surface area (Å²) in [5.41, 5.74) is 4.62. The summed E-state index contributed by atoms with van der Waals surface area (Å²) in [6.07, 6.45) is 0.839. The quantitative estimate of drug-likeness (QED) is 0.555. The van der Waals surface area contributed by atoms with Crippen molar-refractivity contribution in [3.63, 3.8) is 0 Å². The molecule has 0 aliphatic rings. The molecule has 27 heavy (non-hydrogen) atoms. The van der Waals surface area contributed by atoms with Crippen LogP contribution in [0, 0.1) is 6.92 Å². The van der Waals surface area contributed by atoms with Crippen LogP contribution < -0.4 is 5.32 Å². The number of aromatic nitrogens is 3. The predicted octanol–water partition coefficient (Wildman–Crippen LogP) is 4.82. The number of imidazole rings is 1. The lowest BCUT2D eigenvalue weighted by molar-refractivity contribution is 0.103. The van der Waals surface area contributed by atoms with E-state index in [2.05, 4.69) is 20.9 Å². The van der Waals surface area contributed by atoms with Crippen molar-refractivity contribution < 1.29 is 4.79 Å². The Morgan fingerprint density at radius 3 is 2.52 bits per heavy atom. The molecule has 6 heteroatoms. The molecule has 0 saturated carbocycles. The van der Waals surface area contributed by atoms with E-state index in [1.165, 1.54) is 11.3 Å². The van der Waals surface area contributed by atoms with Crippen molar-refractivity contribution in [2.75, 3.05) is 5.32 Å². The minimum absolute atomic E-state index is 0.111. The summed E-state index contributed by atoms with van der Waals surface area (Å²) in [6.45, 7) is 3.92. The molecule has 0 radical (unpaired) electrons. The average molecular weight is 376 g/mol. The number of carbonyl (C=O) groups is 1. The van der Waals surface area contributed by atoms with Gasteiger partial charge in [0.15, 0.2) is 0 Å². The number of anilines is 1. The Morgan fingerprint density at radius 1 is 1.11 bits per heavy atom. The fourth-order valence-corrected chi connectivity index (χ4v) is 4.01. The number of nitrogens with one attached hydrogen (secondary N) is 1. The monoisotopic (exact) mass is 376 g/mol. The Hall–Kier alpha value is -2.99. The Morgan fingerprint density at radius 2 is 1.85 bits per heavy atom. The summed E-state index contributed by atoms with van der Waals surface area (Å²) in [6, 6.07) is 15.8. The molecule has 0 unspecified atom stereocenters. The molecule has 0 fully saturated rings. The molecule has 4 rings (SSSR count). The van der Waals surface area contributed by atoms with E-state index in [4.69, 9.17) is 4.98 Å². The van der Waals surface area contributed by atoms with E-state index in [0.29, 0.717) is 4.88 Å². The Balaban J connectivity index is 1.57. The van der Waals surface area contributed by atoms with Gasteiger partial charge in [-0.1, -0.05) is 19.1 Å². The topological polar surface area (TPSA) is 59.8 Å². The van der Waals surface area contributed by atoms with Gasteiger partial charge in [-0.3, -0.25) is 4.79 Å². The fraction of sp³-hybridized carbons (Fsp3) is 0.190. The molecular formula is C21H20N4OS. The van der Waals surface area contributed by atoms with Crippen molar-refractivity contribution in [1.29, 1.82) is 0 Å². The molecule has 0 atom stereocenters. The van der Waals surface area contributed by atoms with E-state index < -0.39 is 0 Å². The average Bonchev–Trinajstić information content (AvgIpc) is 3.23. The standard InChI is InChI=1S/C21H20N4OS/c1-4-18-22-13(2)19(27-18)21(26)23-15-11-9-14(10-12-15)20-24-16-7-5-6-8-17(16)25(20)3/h5-12H,4H2,1-3H3,(H,23,26). The summed E-state index contributed by atoms with van der Waals surface area (Å²) in [7, 11) is 2.01. The third kappa shape index (κ3) is 3.24. The van der Waals surface area contributed by atoms with Crippen molar-refractivity contribution in [1.82, 2.24) is 14.5 Å². The zero-order valence-corrected chi connectivity index (χ0v) is 16.3. The summed E-state index contributed by atoms with van der Waals surface area (Å²) in [5.74, 6) is 0.792. The Labute approximate surface area is 161 Å². The molecule has 1 N–H and O–H groups in total. The third-order valence-corrected chi connectivity index (χ3v) is 5.84. The SMILES string of the molecule is CCc1nc(C)c(C(=O)Nc2ccc(-c3nc4ccccc4n3C)cc2)s1. The highest BCUT2D eigenvalue weighted by Crippen LogP contribution is 2.25. The molecule has 2 aromatic carbocycles. The van der Waals surface area contributed by atoms with Crippen LogP contribution in [0.3, 0.4) is 0 Å². The second kappa shape index (κ2) is 6.96. The van der Waals surface area contributed by atoms with E-state index in [1.54, 1.807) is 0 Å². The van der Waals surface area contributed by atoms with Gasteiger partial charge < -0.3 is 9.88 Å². The number of nitrogens with zero attached hydrogens (tertiary/aromatic N) is 3. The predicted molar refractivity (Wildman–Crippen MR) is 110 cm³/mol. The van der Waals surface area contributed by atoms with Crippen LogP contribution in [0.1, 0.15) is 27.3 Å². The van der Waals surface area contributed by atoms with Crippen molar-refractivity contribution in [2.45, 2.75) is 20.3 Å². The molecular weight excluding hydrogens is 356 g/mol. The molecule has 136 valence electrons. The van der Waals surface area contributed by atoms with Crippen LogP contribution in [0.15, 0.2) is 48.5 Å². The largest absolute Gasteiger partial charge is 0.327 e. The Bertz CT molecular complexity index is 1130. The number of carbonyl (C=O) groups excluding carboxylic acids is 1. The van der Waals surface area contributed by atoms with Crippen LogP contribution in [0.25, 0.3) is 22.4 Å². The number of thiazole rings is 1. The summed E-state index contributed by atoms with van der Waals surface area (Å²) >= 11 is 1.45. The number of hydrogen-bond donors (Lipinski definition) is 1. The lowest BCUT2D eigenvalue weighted by Gasteiger charge is -2.06. The van der Waals surface area contributed by atoms with Gasteiger partial charge in [0, 0.05) is 18.3 Å². The van der Waals surface area contributed by atoms with Crippen molar-refractivity contribution in [3.05, 3.63) is 64.1 Å². The molecule has 1 amide bonds. The molecule has 2 aromatic heterocycles. The van der Waals surface area contributed by atoms with Crippen LogP contribution in [-0.2, 0) is 13.5 Å². The highest BCUT2D eigenvalue weighted by Gasteiger charge is 2.15. The summed E-state index contributed by atoms with van der Waals surface area (Å²) in [5, 5.41) is 3.94. The van der Waals surface area contributed by atoms with Gasteiger partial charge in [0.2, 0.25) is 0 Å². The summed E-state index contributed by atoms with van der Waals surface area (Å²) < 4.78 is 2.08. The van der Waals surface area contributed by atoms with Gasteiger partial charge in [-0.15, -0.1) is 11.3 Å². The number of benzene rings is 2. The number of rotatable bonds is 4. The molecule has 0 spiro atoms. The second-order valence-corrected chi connectivity index (χ2v) is 7.47. The van der Waals surface area contributed by atoms with Crippen LogP contribution in [0.2, 0.25) is 0 Å².